The highest BCUT2D eigenvalue weighted by molar-refractivity contribution is 8.02. The van der Waals surface area contributed by atoms with Crippen LogP contribution in [0.1, 0.15) is 18.2 Å². The van der Waals surface area contributed by atoms with Gasteiger partial charge in [0.1, 0.15) is 10.7 Å². The number of aromatic nitrogens is 3. The van der Waals surface area contributed by atoms with Crippen LogP contribution < -0.4 is 4.90 Å². The van der Waals surface area contributed by atoms with E-state index in [1.807, 2.05) is 16.7 Å². The summed E-state index contributed by atoms with van der Waals surface area (Å²) in [5.41, 5.74) is 2.22. The van der Waals surface area contributed by atoms with Gasteiger partial charge in [-0.3, -0.25) is 14.7 Å². The summed E-state index contributed by atoms with van der Waals surface area (Å²) in [5.74, 6) is 0.895. The van der Waals surface area contributed by atoms with Gasteiger partial charge in [0.05, 0.1) is 25.0 Å². The molecule has 0 unspecified atom stereocenters. The van der Waals surface area contributed by atoms with Crippen molar-refractivity contribution in [2.75, 3.05) is 31.2 Å². The highest BCUT2D eigenvalue weighted by Gasteiger charge is 2.21. The fourth-order valence-electron chi connectivity index (χ4n) is 3.14. The normalized spacial score (nSPS) is 14.5. The minimum Gasteiger partial charge on any atom is -0.401 e. The average molecular weight is 427 g/mol. The first-order valence-corrected chi connectivity index (χ1v) is 10.5. The van der Waals surface area contributed by atoms with E-state index in [0.29, 0.717) is 24.1 Å². The van der Waals surface area contributed by atoms with Crippen molar-refractivity contribution in [3.8, 4) is 5.69 Å². The van der Waals surface area contributed by atoms with Gasteiger partial charge in [-0.1, -0.05) is 30.8 Å². The lowest BCUT2D eigenvalue weighted by atomic mass is 10.1. The molecule has 2 aromatic heterocycles. The lowest BCUT2D eigenvalue weighted by molar-refractivity contribution is -0.402. The van der Waals surface area contributed by atoms with Crippen molar-refractivity contribution >= 4 is 29.7 Å². The third-order valence-corrected chi connectivity index (χ3v) is 5.43. The first kappa shape index (κ1) is 20.2. The molecule has 30 heavy (non-hydrogen) atoms. The van der Waals surface area contributed by atoms with Crippen LogP contribution in [0.3, 0.4) is 0 Å². The maximum absolute atomic E-state index is 10.8. The van der Waals surface area contributed by atoms with Gasteiger partial charge < -0.3 is 14.1 Å². The number of hydrogen-bond acceptors (Lipinski definition) is 8. The quantitative estimate of drug-likeness (QED) is 0.318. The number of benzene rings is 1. The monoisotopic (exact) mass is 427 g/mol. The van der Waals surface area contributed by atoms with Gasteiger partial charge in [0.15, 0.2) is 0 Å². The zero-order valence-corrected chi connectivity index (χ0v) is 17.2. The number of ether oxygens (including phenoxy) is 1. The molecule has 3 heterocycles. The lowest BCUT2D eigenvalue weighted by Crippen LogP contribution is -2.37. The molecule has 0 bridgehead atoms. The third kappa shape index (κ3) is 4.39. The van der Waals surface area contributed by atoms with Gasteiger partial charge in [0.2, 0.25) is 11.1 Å². The van der Waals surface area contributed by atoms with Crippen molar-refractivity contribution in [2.24, 2.45) is 0 Å². The number of aryl methyl sites for hydroxylation is 1. The maximum atomic E-state index is 10.8. The summed E-state index contributed by atoms with van der Waals surface area (Å²) >= 11 is 1.37. The summed E-state index contributed by atoms with van der Waals surface area (Å²) < 4.78 is 12.7. The van der Waals surface area contributed by atoms with E-state index >= 15 is 0 Å². The average Bonchev–Trinajstić information content (AvgIpc) is 3.42. The fraction of sp³-hybridized carbons (Fsp3) is 0.300. The van der Waals surface area contributed by atoms with Crippen LogP contribution in [-0.2, 0) is 11.2 Å². The molecule has 156 valence electrons. The number of thioether (sulfide) groups is 1. The molecule has 0 atom stereocenters. The van der Waals surface area contributed by atoms with Crippen LogP contribution in [0.5, 0.6) is 0 Å². The number of nitrogens with zero attached hydrogens (tertiary/aromatic N) is 5. The second-order valence-corrected chi connectivity index (χ2v) is 7.47. The Hall–Kier alpha value is -3.11. The van der Waals surface area contributed by atoms with E-state index in [-0.39, 0.29) is 5.88 Å². The molecular weight excluding hydrogens is 406 g/mol. The SMILES string of the molecule is CCc1cccc(-n2c(SC=Cc3ccc([N+](=O)[O-])o3)nnc2N2CCOCC2)c1. The molecule has 4 rings (SSSR count). The van der Waals surface area contributed by atoms with E-state index < -0.39 is 4.92 Å². The number of furan rings is 1. The molecule has 10 heteroatoms. The Morgan fingerprint density at radius 2 is 2.07 bits per heavy atom. The van der Waals surface area contributed by atoms with E-state index in [0.717, 1.165) is 31.1 Å². The van der Waals surface area contributed by atoms with E-state index in [1.165, 1.54) is 23.4 Å². The summed E-state index contributed by atoms with van der Waals surface area (Å²) in [6, 6.07) is 11.2. The fourth-order valence-corrected chi connectivity index (χ4v) is 3.84. The minimum absolute atomic E-state index is 0.284. The molecule has 0 radical (unpaired) electrons. The Balaban J connectivity index is 1.63. The first-order chi connectivity index (χ1) is 14.7. The van der Waals surface area contributed by atoms with Crippen molar-refractivity contribution in [3.63, 3.8) is 0 Å². The Morgan fingerprint density at radius 1 is 1.23 bits per heavy atom. The summed E-state index contributed by atoms with van der Waals surface area (Å²) in [6.07, 6.45) is 2.61. The molecule has 0 N–H and O–H groups in total. The molecule has 3 aromatic rings. The smallest absolute Gasteiger partial charge is 0.401 e. The third-order valence-electron chi connectivity index (χ3n) is 4.69. The first-order valence-electron chi connectivity index (χ1n) is 9.60. The van der Waals surface area contributed by atoms with Crippen LogP contribution in [-0.4, -0.2) is 46.0 Å². The molecule has 1 aliphatic heterocycles. The van der Waals surface area contributed by atoms with Crippen LogP contribution in [0, 0.1) is 10.1 Å². The highest BCUT2D eigenvalue weighted by Crippen LogP contribution is 2.29. The Kier molecular flexibility index (Phi) is 6.15. The Labute approximate surface area is 177 Å². The predicted octanol–water partition coefficient (Wildman–Crippen LogP) is 3.93. The van der Waals surface area contributed by atoms with Gasteiger partial charge in [-0.05, 0) is 41.7 Å². The predicted molar refractivity (Wildman–Crippen MR) is 114 cm³/mol. The minimum atomic E-state index is -0.559. The second-order valence-electron chi connectivity index (χ2n) is 6.59. The van der Waals surface area contributed by atoms with Gasteiger partial charge in [-0.2, -0.15) is 0 Å². The number of nitro groups is 1. The van der Waals surface area contributed by atoms with Gasteiger partial charge in [0, 0.05) is 13.1 Å². The topological polar surface area (TPSA) is 99.5 Å². The van der Waals surface area contributed by atoms with E-state index in [1.54, 1.807) is 17.6 Å². The van der Waals surface area contributed by atoms with Crippen molar-refractivity contribution in [1.29, 1.82) is 0 Å². The summed E-state index contributed by atoms with van der Waals surface area (Å²) in [5, 5.41) is 22.1. The highest BCUT2D eigenvalue weighted by atomic mass is 32.2. The van der Waals surface area contributed by atoms with Crippen LogP contribution in [0.15, 0.2) is 51.4 Å². The van der Waals surface area contributed by atoms with Crippen LogP contribution in [0.2, 0.25) is 0 Å². The van der Waals surface area contributed by atoms with Gasteiger partial charge in [-0.15, -0.1) is 10.2 Å². The van der Waals surface area contributed by atoms with Crippen LogP contribution in [0.25, 0.3) is 11.8 Å². The number of hydrogen-bond donors (Lipinski definition) is 0. The lowest BCUT2D eigenvalue weighted by Gasteiger charge is -2.28. The standard InChI is InChI=1S/C20H21N5O4S/c1-2-15-4-3-5-16(14-15)24-19(23-9-11-28-12-10-23)21-22-20(24)30-13-8-17-6-7-18(29-17)25(26)27/h3-8,13-14H,2,9-12H2,1H3. The molecule has 0 aliphatic carbocycles. The van der Waals surface area contributed by atoms with Crippen molar-refractivity contribution in [1.82, 2.24) is 14.8 Å². The number of anilines is 1. The Morgan fingerprint density at radius 3 is 2.80 bits per heavy atom. The summed E-state index contributed by atoms with van der Waals surface area (Å²) in [7, 11) is 0. The van der Waals surface area contributed by atoms with Gasteiger partial charge in [0.25, 0.3) is 0 Å². The number of rotatable bonds is 7. The molecule has 0 spiro atoms. The molecule has 1 aliphatic rings. The molecule has 1 aromatic carbocycles. The van der Waals surface area contributed by atoms with Gasteiger partial charge >= 0.3 is 5.88 Å². The van der Waals surface area contributed by atoms with E-state index in [9.17, 15) is 10.1 Å². The summed E-state index contributed by atoms with van der Waals surface area (Å²) in [4.78, 5) is 12.4. The van der Waals surface area contributed by atoms with Crippen LogP contribution >= 0.6 is 11.8 Å². The number of morpholine rings is 1. The van der Waals surface area contributed by atoms with Gasteiger partial charge in [-0.25, -0.2) is 0 Å². The molecule has 1 saturated heterocycles. The largest absolute Gasteiger partial charge is 0.433 e. The molecule has 1 fully saturated rings. The maximum Gasteiger partial charge on any atom is 0.433 e. The second kappa shape index (κ2) is 9.14. The van der Waals surface area contributed by atoms with E-state index in [2.05, 4.69) is 34.2 Å². The van der Waals surface area contributed by atoms with Crippen molar-refractivity contribution in [3.05, 3.63) is 63.2 Å². The van der Waals surface area contributed by atoms with Crippen LogP contribution in [0.4, 0.5) is 11.8 Å². The van der Waals surface area contributed by atoms with Crippen molar-refractivity contribution < 1.29 is 14.1 Å². The molecule has 0 amide bonds. The molecular formula is C20H21N5O4S. The summed E-state index contributed by atoms with van der Waals surface area (Å²) in [6.45, 7) is 4.93. The van der Waals surface area contributed by atoms with E-state index in [4.69, 9.17) is 9.15 Å². The zero-order chi connectivity index (χ0) is 20.9. The molecule has 9 nitrogen and oxygen atoms in total. The Bertz CT molecular complexity index is 1060. The van der Waals surface area contributed by atoms with Crippen molar-refractivity contribution in [2.45, 2.75) is 18.5 Å². The zero-order valence-electron chi connectivity index (χ0n) is 16.4. The molecule has 0 saturated carbocycles.